The third-order valence-corrected chi connectivity index (χ3v) is 3.88. The van der Waals surface area contributed by atoms with E-state index < -0.39 is 5.91 Å². The Bertz CT molecular complexity index is 979. The van der Waals surface area contributed by atoms with Crippen molar-refractivity contribution >= 4 is 34.0 Å². The van der Waals surface area contributed by atoms with Crippen LogP contribution in [0, 0.1) is 0 Å². The number of phenolic OH excluding ortho intramolecular Hbond substituents is 1. The van der Waals surface area contributed by atoms with Crippen molar-refractivity contribution in [2.45, 2.75) is 0 Å². The second kappa shape index (κ2) is 4.84. The topological polar surface area (TPSA) is 78.4 Å². The van der Waals surface area contributed by atoms with E-state index in [4.69, 9.17) is 0 Å². The summed E-state index contributed by atoms with van der Waals surface area (Å²) in [4.78, 5) is 23.3. The molecule has 0 radical (unpaired) electrons. The lowest BCUT2D eigenvalue weighted by atomic mass is 10.1. The van der Waals surface area contributed by atoms with E-state index in [1.807, 2.05) is 30.3 Å². The van der Waals surface area contributed by atoms with Crippen LogP contribution < -0.4 is 10.6 Å². The van der Waals surface area contributed by atoms with Crippen LogP contribution in [-0.2, 0) is 0 Å². The van der Waals surface area contributed by atoms with Crippen molar-refractivity contribution in [2.24, 2.45) is 0 Å². The molecular weight excluding hydrogens is 292 g/mol. The van der Waals surface area contributed by atoms with Gasteiger partial charge in [-0.1, -0.05) is 24.3 Å². The number of carbonyl (C=O) groups excluding carboxylic acids is 2. The third kappa shape index (κ3) is 2.19. The number of phenols is 1. The summed E-state index contributed by atoms with van der Waals surface area (Å²) in [5.41, 5.74) is 1.86. The number of nitrogens with one attached hydrogen (secondary N) is 2. The Morgan fingerprint density at radius 1 is 0.826 bits per heavy atom. The second-order valence-electron chi connectivity index (χ2n) is 5.39. The Hall–Kier alpha value is -3.34. The fraction of sp³-hybridized carbons (Fsp3) is 0. The highest BCUT2D eigenvalue weighted by molar-refractivity contribution is 6.21. The molecule has 4 rings (SSSR count). The molecule has 0 aliphatic carbocycles. The number of rotatable bonds is 2. The van der Waals surface area contributed by atoms with Crippen molar-refractivity contribution in [3.63, 3.8) is 0 Å². The number of hydrogen-bond acceptors (Lipinski definition) is 4. The molecule has 5 nitrogen and oxygen atoms in total. The fourth-order valence-electron chi connectivity index (χ4n) is 2.73. The molecule has 1 aliphatic rings. The lowest BCUT2D eigenvalue weighted by Gasteiger charge is -2.11. The van der Waals surface area contributed by atoms with Crippen LogP contribution >= 0.6 is 0 Å². The molecule has 23 heavy (non-hydrogen) atoms. The van der Waals surface area contributed by atoms with E-state index in [1.54, 1.807) is 24.3 Å². The highest BCUT2D eigenvalue weighted by Gasteiger charge is 2.26. The number of benzene rings is 3. The monoisotopic (exact) mass is 304 g/mol. The van der Waals surface area contributed by atoms with Gasteiger partial charge in [0.1, 0.15) is 5.75 Å². The van der Waals surface area contributed by atoms with Crippen molar-refractivity contribution in [1.82, 2.24) is 5.32 Å². The molecule has 5 heteroatoms. The van der Waals surface area contributed by atoms with Crippen molar-refractivity contribution in [3.8, 4) is 5.75 Å². The summed E-state index contributed by atoms with van der Waals surface area (Å²) in [7, 11) is 0. The summed E-state index contributed by atoms with van der Waals surface area (Å²) in [6.07, 6.45) is 0. The van der Waals surface area contributed by atoms with Gasteiger partial charge in [-0.25, -0.2) is 0 Å². The molecule has 1 aliphatic heterocycles. The molecule has 0 bridgehead atoms. The predicted molar refractivity (Wildman–Crippen MR) is 87.1 cm³/mol. The summed E-state index contributed by atoms with van der Waals surface area (Å²) >= 11 is 0. The van der Waals surface area contributed by atoms with Gasteiger partial charge in [-0.2, -0.15) is 0 Å². The first kappa shape index (κ1) is 13.3. The molecule has 1 heterocycles. The lowest BCUT2D eigenvalue weighted by Crippen LogP contribution is -2.19. The molecule has 0 aromatic heterocycles. The van der Waals surface area contributed by atoms with E-state index in [0.717, 1.165) is 10.8 Å². The third-order valence-electron chi connectivity index (χ3n) is 3.88. The zero-order valence-electron chi connectivity index (χ0n) is 12.0. The molecule has 112 valence electrons. The van der Waals surface area contributed by atoms with Crippen LogP contribution in [0.25, 0.3) is 10.8 Å². The second-order valence-corrected chi connectivity index (χ2v) is 5.39. The van der Waals surface area contributed by atoms with E-state index >= 15 is 0 Å². The standard InChI is InChI=1S/C18H12N2O3/c21-16-8-11-4-2-1-3-10(11)7-15(16)19-12-5-6-13-14(9-12)18(23)20-17(13)22/h1-9,19,21H,(H,20,22,23). The molecule has 0 saturated carbocycles. The van der Waals surface area contributed by atoms with E-state index in [1.165, 1.54) is 0 Å². The largest absolute Gasteiger partial charge is 0.506 e. The SMILES string of the molecule is O=C1NC(=O)c2cc(Nc3cc4ccccc4cc3O)ccc21. The molecular formula is C18H12N2O3. The molecule has 3 N–H and O–H groups in total. The molecule has 0 atom stereocenters. The quantitative estimate of drug-likeness (QED) is 0.502. The van der Waals surface area contributed by atoms with Crippen molar-refractivity contribution in [2.75, 3.05) is 5.32 Å². The van der Waals surface area contributed by atoms with Crippen molar-refractivity contribution < 1.29 is 14.7 Å². The zero-order chi connectivity index (χ0) is 16.0. The number of anilines is 2. The first-order chi connectivity index (χ1) is 11.1. The number of hydrogen-bond donors (Lipinski definition) is 3. The van der Waals surface area contributed by atoms with Gasteiger partial charge in [0.05, 0.1) is 16.8 Å². The Morgan fingerprint density at radius 3 is 2.30 bits per heavy atom. The predicted octanol–water partition coefficient (Wildman–Crippen LogP) is 3.17. The molecule has 0 saturated heterocycles. The van der Waals surface area contributed by atoms with Crippen LogP contribution in [0.4, 0.5) is 11.4 Å². The Labute approximate surface area is 131 Å². The van der Waals surface area contributed by atoms with E-state index in [9.17, 15) is 14.7 Å². The molecule has 0 spiro atoms. The highest BCUT2D eigenvalue weighted by Crippen LogP contribution is 2.32. The molecule has 2 amide bonds. The minimum absolute atomic E-state index is 0.115. The van der Waals surface area contributed by atoms with Gasteiger partial charge in [0.2, 0.25) is 0 Å². The van der Waals surface area contributed by atoms with Crippen LogP contribution in [-0.4, -0.2) is 16.9 Å². The normalized spacial score (nSPS) is 13.0. The number of imide groups is 1. The summed E-state index contributed by atoms with van der Waals surface area (Å²) in [5, 5.41) is 17.4. The van der Waals surface area contributed by atoms with Crippen LogP contribution in [0.5, 0.6) is 5.75 Å². The van der Waals surface area contributed by atoms with Crippen LogP contribution in [0.2, 0.25) is 0 Å². The number of fused-ring (bicyclic) bond motifs is 2. The number of amides is 2. The molecule has 3 aromatic rings. The maximum atomic E-state index is 11.7. The van der Waals surface area contributed by atoms with Gasteiger partial charge in [-0.3, -0.25) is 14.9 Å². The first-order valence-corrected chi connectivity index (χ1v) is 7.10. The fourth-order valence-corrected chi connectivity index (χ4v) is 2.73. The number of carbonyl (C=O) groups is 2. The van der Waals surface area contributed by atoms with Gasteiger partial charge in [0.15, 0.2) is 0 Å². The van der Waals surface area contributed by atoms with Gasteiger partial charge in [-0.05, 0) is 41.1 Å². The first-order valence-electron chi connectivity index (χ1n) is 7.10. The van der Waals surface area contributed by atoms with E-state index in [-0.39, 0.29) is 11.7 Å². The lowest BCUT2D eigenvalue weighted by molar-refractivity contribution is 0.0879. The average Bonchev–Trinajstić information content (AvgIpc) is 2.82. The molecule has 0 fully saturated rings. The van der Waals surface area contributed by atoms with E-state index in [2.05, 4.69) is 10.6 Å². The van der Waals surface area contributed by atoms with Crippen molar-refractivity contribution in [3.05, 3.63) is 65.7 Å². The van der Waals surface area contributed by atoms with Gasteiger partial charge in [0, 0.05) is 5.69 Å². The number of aromatic hydroxyl groups is 1. The summed E-state index contributed by atoms with van der Waals surface area (Å²) in [6.45, 7) is 0. The van der Waals surface area contributed by atoms with E-state index in [0.29, 0.717) is 22.5 Å². The Kier molecular flexibility index (Phi) is 2.81. The minimum Gasteiger partial charge on any atom is -0.506 e. The van der Waals surface area contributed by atoms with Crippen LogP contribution in [0.15, 0.2) is 54.6 Å². The summed E-state index contributed by atoms with van der Waals surface area (Å²) < 4.78 is 0. The Balaban J connectivity index is 1.74. The summed E-state index contributed by atoms with van der Waals surface area (Å²) in [6, 6.07) is 16.1. The molecule has 3 aromatic carbocycles. The summed E-state index contributed by atoms with van der Waals surface area (Å²) in [5.74, 6) is -0.675. The van der Waals surface area contributed by atoms with Gasteiger partial charge in [-0.15, -0.1) is 0 Å². The minimum atomic E-state index is -0.406. The van der Waals surface area contributed by atoms with Gasteiger partial charge >= 0.3 is 0 Å². The van der Waals surface area contributed by atoms with Gasteiger partial charge < -0.3 is 10.4 Å². The van der Waals surface area contributed by atoms with Crippen molar-refractivity contribution in [1.29, 1.82) is 0 Å². The average molecular weight is 304 g/mol. The smallest absolute Gasteiger partial charge is 0.259 e. The highest BCUT2D eigenvalue weighted by atomic mass is 16.3. The maximum absolute atomic E-state index is 11.7. The Morgan fingerprint density at radius 2 is 1.52 bits per heavy atom. The van der Waals surface area contributed by atoms with Crippen LogP contribution in [0.1, 0.15) is 20.7 Å². The molecule has 0 unspecified atom stereocenters. The maximum Gasteiger partial charge on any atom is 0.259 e. The van der Waals surface area contributed by atoms with Gasteiger partial charge in [0.25, 0.3) is 11.8 Å². The zero-order valence-corrected chi connectivity index (χ0v) is 12.0. The van der Waals surface area contributed by atoms with Crippen LogP contribution in [0.3, 0.4) is 0 Å².